The van der Waals surface area contributed by atoms with Gasteiger partial charge < -0.3 is 14.1 Å². The zero-order chi connectivity index (χ0) is 21.3. The number of furan rings is 1. The van der Waals surface area contributed by atoms with Crippen molar-refractivity contribution >= 4 is 0 Å². The van der Waals surface area contributed by atoms with Gasteiger partial charge in [-0.3, -0.25) is 9.88 Å². The minimum absolute atomic E-state index is 0.719. The molecule has 2 aromatic heterocycles. The number of nitrogens with zero attached hydrogens (tertiary/aromatic N) is 3. The van der Waals surface area contributed by atoms with Crippen LogP contribution in [0.4, 0.5) is 0 Å². The van der Waals surface area contributed by atoms with Crippen LogP contribution in [0.3, 0.4) is 0 Å². The van der Waals surface area contributed by atoms with E-state index in [0.29, 0.717) is 0 Å². The summed E-state index contributed by atoms with van der Waals surface area (Å²) in [6.07, 6.45) is 8.02. The van der Waals surface area contributed by atoms with Gasteiger partial charge in [0, 0.05) is 51.2 Å². The second-order valence-corrected chi connectivity index (χ2v) is 8.44. The van der Waals surface area contributed by atoms with Crippen LogP contribution in [0.25, 0.3) is 11.3 Å². The Morgan fingerprint density at radius 2 is 1.84 bits per heavy atom. The van der Waals surface area contributed by atoms with E-state index in [-0.39, 0.29) is 0 Å². The van der Waals surface area contributed by atoms with Crippen molar-refractivity contribution in [1.29, 1.82) is 0 Å². The zero-order valence-corrected chi connectivity index (χ0v) is 18.5. The summed E-state index contributed by atoms with van der Waals surface area (Å²) in [6, 6.07) is 16.8. The van der Waals surface area contributed by atoms with E-state index >= 15 is 0 Å². The molecule has 0 amide bonds. The Morgan fingerprint density at radius 1 is 1.03 bits per heavy atom. The number of benzene rings is 1. The second kappa shape index (κ2) is 11.2. The molecule has 0 spiro atoms. The average molecular weight is 420 g/mol. The maximum absolute atomic E-state index is 5.71. The molecular formula is C26H33N3O2. The molecule has 3 heterocycles. The van der Waals surface area contributed by atoms with Gasteiger partial charge in [-0.1, -0.05) is 24.3 Å². The SMILES string of the molecule is COCCN1CCC(CN(Cc2ccncc2)Cc2ccccc2-c2ccco2)CC1. The summed E-state index contributed by atoms with van der Waals surface area (Å²) < 4.78 is 11.0. The third-order valence-electron chi connectivity index (χ3n) is 6.19. The molecule has 0 aliphatic carbocycles. The largest absolute Gasteiger partial charge is 0.464 e. The van der Waals surface area contributed by atoms with Gasteiger partial charge in [0.1, 0.15) is 5.76 Å². The van der Waals surface area contributed by atoms with Crippen molar-refractivity contribution in [2.75, 3.05) is 39.9 Å². The minimum atomic E-state index is 0.719. The van der Waals surface area contributed by atoms with E-state index in [1.54, 1.807) is 13.4 Å². The molecule has 31 heavy (non-hydrogen) atoms. The number of hydrogen-bond donors (Lipinski definition) is 0. The molecule has 0 N–H and O–H groups in total. The van der Waals surface area contributed by atoms with Crippen LogP contribution in [-0.4, -0.2) is 54.7 Å². The maximum Gasteiger partial charge on any atom is 0.134 e. The van der Waals surface area contributed by atoms with Gasteiger partial charge in [0.2, 0.25) is 0 Å². The quantitative estimate of drug-likeness (QED) is 0.476. The van der Waals surface area contributed by atoms with Crippen molar-refractivity contribution in [2.24, 2.45) is 5.92 Å². The van der Waals surface area contributed by atoms with Crippen LogP contribution in [0.15, 0.2) is 71.6 Å². The highest BCUT2D eigenvalue weighted by molar-refractivity contribution is 5.61. The first-order valence-corrected chi connectivity index (χ1v) is 11.3. The summed E-state index contributed by atoms with van der Waals surface area (Å²) >= 11 is 0. The lowest BCUT2D eigenvalue weighted by Gasteiger charge is -2.35. The van der Waals surface area contributed by atoms with E-state index in [2.05, 4.69) is 51.2 Å². The van der Waals surface area contributed by atoms with Crippen molar-refractivity contribution in [3.8, 4) is 11.3 Å². The van der Waals surface area contributed by atoms with Crippen molar-refractivity contribution in [2.45, 2.75) is 25.9 Å². The van der Waals surface area contributed by atoms with Gasteiger partial charge in [-0.2, -0.15) is 0 Å². The highest BCUT2D eigenvalue weighted by atomic mass is 16.5. The number of ether oxygens (including phenoxy) is 1. The summed E-state index contributed by atoms with van der Waals surface area (Å²) in [4.78, 5) is 9.30. The van der Waals surface area contributed by atoms with Crippen LogP contribution in [-0.2, 0) is 17.8 Å². The van der Waals surface area contributed by atoms with Gasteiger partial charge in [-0.15, -0.1) is 0 Å². The molecule has 1 aliphatic heterocycles. The van der Waals surface area contributed by atoms with Crippen molar-refractivity contribution < 1.29 is 9.15 Å². The molecular weight excluding hydrogens is 386 g/mol. The van der Waals surface area contributed by atoms with Crippen molar-refractivity contribution in [3.05, 3.63) is 78.3 Å². The Kier molecular flexibility index (Phi) is 7.88. The van der Waals surface area contributed by atoms with E-state index < -0.39 is 0 Å². The monoisotopic (exact) mass is 419 g/mol. The Morgan fingerprint density at radius 3 is 2.58 bits per heavy atom. The molecule has 0 saturated carbocycles. The van der Waals surface area contributed by atoms with Crippen molar-refractivity contribution in [3.63, 3.8) is 0 Å². The van der Waals surface area contributed by atoms with Crippen LogP contribution < -0.4 is 0 Å². The minimum Gasteiger partial charge on any atom is -0.464 e. The number of piperidine rings is 1. The Bertz CT molecular complexity index is 890. The molecule has 5 heteroatoms. The number of methoxy groups -OCH3 is 1. The lowest BCUT2D eigenvalue weighted by Crippen LogP contribution is -2.39. The standard InChI is InChI=1S/C26H33N3O2/c1-30-18-16-28-14-10-23(11-15-28)20-29(19-22-8-12-27-13-9-22)21-24-5-2-3-6-25(24)26-7-4-17-31-26/h2-9,12-13,17,23H,10-11,14-16,18-21H2,1H3. The Balaban J connectivity index is 1.46. The lowest BCUT2D eigenvalue weighted by atomic mass is 9.95. The van der Waals surface area contributed by atoms with Gasteiger partial charge in [-0.05, 0) is 67.2 Å². The Hall–Kier alpha value is -2.47. The first-order chi connectivity index (χ1) is 15.3. The molecule has 1 fully saturated rings. The average Bonchev–Trinajstić information content (AvgIpc) is 3.34. The fourth-order valence-electron chi connectivity index (χ4n) is 4.48. The van der Waals surface area contributed by atoms with Gasteiger partial charge in [0.15, 0.2) is 0 Å². The number of likely N-dealkylation sites (tertiary alicyclic amines) is 1. The van der Waals surface area contributed by atoms with Gasteiger partial charge in [-0.25, -0.2) is 0 Å². The molecule has 164 valence electrons. The normalized spacial score (nSPS) is 15.5. The second-order valence-electron chi connectivity index (χ2n) is 8.44. The molecule has 1 saturated heterocycles. The van der Waals surface area contributed by atoms with Gasteiger partial charge in [0.05, 0.1) is 12.9 Å². The van der Waals surface area contributed by atoms with Gasteiger partial charge in [0.25, 0.3) is 0 Å². The Labute approximate surface area is 185 Å². The third-order valence-corrected chi connectivity index (χ3v) is 6.19. The molecule has 4 rings (SSSR count). The van der Waals surface area contributed by atoms with E-state index in [0.717, 1.165) is 44.5 Å². The van der Waals surface area contributed by atoms with E-state index in [1.807, 2.05) is 24.5 Å². The van der Waals surface area contributed by atoms with Crippen LogP contribution in [0.5, 0.6) is 0 Å². The van der Waals surface area contributed by atoms with E-state index in [4.69, 9.17) is 9.15 Å². The lowest BCUT2D eigenvalue weighted by molar-refractivity contribution is 0.104. The molecule has 0 bridgehead atoms. The fraction of sp³-hybridized carbons (Fsp3) is 0.423. The molecule has 0 atom stereocenters. The third kappa shape index (κ3) is 6.26. The summed E-state index contributed by atoms with van der Waals surface area (Å²) in [5, 5.41) is 0. The molecule has 5 nitrogen and oxygen atoms in total. The predicted molar refractivity (Wildman–Crippen MR) is 124 cm³/mol. The first-order valence-electron chi connectivity index (χ1n) is 11.3. The fourth-order valence-corrected chi connectivity index (χ4v) is 4.48. The number of hydrogen-bond acceptors (Lipinski definition) is 5. The highest BCUT2D eigenvalue weighted by Gasteiger charge is 2.22. The van der Waals surface area contributed by atoms with Crippen LogP contribution in [0.1, 0.15) is 24.0 Å². The summed E-state index contributed by atoms with van der Waals surface area (Å²) in [6.45, 7) is 7.14. The summed E-state index contributed by atoms with van der Waals surface area (Å²) in [5.41, 5.74) is 3.80. The van der Waals surface area contributed by atoms with Crippen LogP contribution >= 0.6 is 0 Å². The maximum atomic E-state index is 5.71. The predicted octanol–water partition coefficient (Wildman–Crippen LogP) is 4.70. The van der Waals surface area contributed by atoms with Gasteiger partial charge >= 0.3 is 0 Å². The molecule has 0 radical (unpaired) electrons. The number of pyridine rings is 1. The highest BCUT2D eigenvalue weighted by Crippen LogP contribution is 2.27. The summed E-state index contributed by atoms with van der Waals surface area (Å²) in [5.74, 6) is 1.65. The topological polar surface area (TPSA) is 41.7 Å². The number of rotatable bonds is 10. The van der Waals surface area contributed by atoms with E-state index in [9.17, 15) is 0 Å². The zero-order valence-electron chi connectivity index (χ0n) is 18.5. The molecule has 3 aromatic rings. The number of aromatic nitrogens is 1. The first kappa shape index (κ1) is 21.8. The molecule has 1 aromatic carbocycles. The molecule has 1 aliphatic rings. The smallest absolute Gasteiger partial charge is 0.134 e. The van der Waals surface area contributed by atoms with E-state index in [1.165, 1.54) is 42.6 Å². The summed E-state index contributed by atoms with van der Waals surface area (Å²) in [7, 11) is 1.78. The van der Waals surface area contributed by atoms with Crippen molar-refractivity contribution in [1.82, 2.24) is 14.8 Å². The molecule has 0 unspecified atom stereocenters. The van der Waals surface area contributed by atoms with Crippen LogP contribution in [0.2, 0.25) is 0 Å². The van der Waals surface area contributed by atoms with Crippen LogP contribution in [0, 0.1) is 5.92 Å².